The molecule has 1 atom stereocenters. The first-order chi connectivity index (χ1) is 9.54. The monoisotopic (exact) mass is 277 g/mol. The van der Waals surface area contributed by atoms with Gasteiger partial charge in [-0.25, -0.2) is 4.79 Å². The average molecular weight is 277 g/mol. The van der Waals surface area contributed by atoms with Crippen LogP contribution in [0.1, 0.15) is 20.8 Å². The molecule has 20 heavy (non-hydrogen) atoms. The van der Waals surface area contributed by atoms with Crippen LogP contribution in [0.25, 0.3) is 0 Å². The quantitative estimate of drug-likeness (QED) is 0.892. The molecule has 0 spiro atoms. The van der Waals surface area contributed by atoms with Crippen molar-refractivity contribution >= 4 is 17.4 Å². The molecule has 1 aliphatic rings. The number of benzene rings is 1. The van der Waals surface area contributed by atoms with Crippen molar-refractivity contribution in [2.24, 2.45) is 0 Å². The smallest absolute Gasteiger partial charge is 0.319 e. The van der Waals surface area contributed by atoms with Crippen LogP contribution >= 0.6 is 0 Å². The first kappa shape index (κ1) is 14.7. The number of amides is 2. The Bertz CT molecular complexity index is 445. The lowest BCUT2D eigenvalue weighted by Gasteiger charge is -2.33. The van der Waals surface area contributed by atoms with E-state index in [2.05, 4.69) is 22.5 Å². The molecular weight excluding hydrogens is 254 g/mol. The molecule has 2 amide bonds. The van der Waals surface area contributed by atoms with E-state index in [1.807, 2.05) is 38.1 Å². The zero-order valence-corrected chi connectivity index (χ0v) is 12.3. The van der Waals surface area contributed by atoms with Gasteiger partial charge in [-0.05, 0) is 45.0 Å². The second-order valence-corrected chi connectivity index (χ2v) is 5.43. The number of morpholine rings is 1. The summed E-state index contributed by atoms with van der Waals surface area (Å²) < 4.78 is 5.54. The molecule has 1 saturated heterocycles. The third-order valence-corrected chi connectivity index (χ3v) is 3.15. The highest BCUT2D eigenvalue weighted by molar-refractivity contribution is 5.89. The van der Waals surface area contributed by atoms with Crippen LogP contribution < -0.4 is 15.5 Å². The zero-order chi connectivity index (χ0) is 14.5. The van der Waals surface area contributed by atoms with Gasteiger partial charge in [0.25, 0.3) is 0 Å². The SMILES string of the molecule is CC(C)NC(=O)Nc1ccc(N2CCO[C@@H](C)C2)cc1. The highest BCUT2D eigenvalue weighted by atomic mass is 16.5. The Kier molecular flexibility index (Phi) is 4.84. The summed E-state index contributed by atoms with van der Waals surface area (Å²) in [7, 11) is 0. The van der Waals surface area contributed by atoms with Gasteiger partial charge in [-0.15, -0.1) is 0 Å². The predicted octanol–water partition coefficient (Wildman–Crippen LogP) is 2.44. The Morgan fingerprint density at radius 2 is 2.05 bits per heavy atom. The largest absolute Gasteiger partial charge is 0.375 e. The number of urea groups is 1. The summed E-state index contributed by atoms with van der Waals surface area (Å²) in [5, 5.41) is 5.62. The van der Waals surface area contributed by atoms with Gasteiger partial charge in [-0.2, -0.15) is 0 Å². The molecule has 5 nitrogen and oxygen atoms in total. The third kappa shape index (κ3) is 4.13. The van der Waals surface area contributed by atoms with Crippen molar-refractivity contribution in [1.29, 1.82) is 0 Å². The fourth-order valence-corrected chi connectivity index (χ4v) is 2.24. The van der Waals surface area contributed by atoms with Crippen molar-refractivity contribution in [2.45, 2.75) is 32.9 Å². The van der Waals surface area contributed by atoms with E-state index in [4.69, 9.17) is 4.74 Å². The number of nitrogens with one attached hydrogen (secondary N) is 2. The molecule has 1 aromatic rings. The lowest BCUT2D eigenvalue weighted by Crippen LogP contribution is -2.41. The molecule has 0 radical (unpaired) electrons. The number of carbonyl (C=O) groups is 1. The topological polar surface area (TPSA) is 53.6 Å². The van der Waals surface area contributed by atoms with Crippen LogP contribution in [0, 0.1) is 0 Å². The van der Waals surface area contributed by atoms with Crippen LogP contribution in [0.2, 0.25) is 0 Å². The second-order valence-electron chi connectivity index (χ2n) is 5.43. The number of carbonyl (C=O) groups excluding carboxylic acids is 1. The normalized spacial score (nSPS) is 19.0. The number of hydrogen-bond donors (Lipinski definition) is 2. The molecule has 1 fully saturated rings. The van der Waals surface area contributed by atoms with Gasteiger partial charge in [-0.3, -0.25) is 0 Å². The summed E-state index contributed by atoms with van der Waals surface area (Å²) in [6.07, 6.45) is 0.262. The molecule has 1 heterocycles. The zero-order valence-electron chi connectivity index (χ0n) is 12.3. The number of ether oxygens (including phenoxy) is 1. The van der Waals surface area contributed by atoms with Crippen molar-refractivity contribution in [1.82, 2.24) is 5.32 Å². The molecule has 0 bridgehead atoms. The van der Waals surface area contributed by atoms with Crippen LogP contribution in [0.3, 0.4) is 0 Å². The van der Waals surface area contributed by atoms with Crippen molar-refractivity contribution in [3.05, 3.63) is 24.3 Å². The second kappa shape index (κ2) is 6.61. The Balaban J connectivity index is 1.94. The van der Waals surface area contributed by atoms with E-state index in [1.54, 1.807) is 0 Å². The Hall–Kier alpha value is -1.75. The Morgan fingerprint density at radius 3 is 2.65 bits per heavy atom. The highest BCUT2D eigenvalue weighted by Gasteiger charge is 2.16. The summed E-state index contributed by atoms with van der Waals surface area (Å²) in [5.74, 6) is 0. The molecule has 0 aliphatic carbocycles. The molecule has 110 valence electrons. The van der Waals surface area contributed by atoms with E-state index < -0.39 is 0 Å². The molecule has 0 aromatic heterocycles. The summed E-state index contributed by atoms with van der Waals surface area (Å²) in [6, 6.07) is 7.87. The summed E-state index contributed by atoms with van der Waals surface area (Å²) in [5.41, 5.74) is 1.96. The third-order valence-electron chi connectivity index (χ3n) is 3.15. The van der Waals surface area contributed by atoms with E-state index in [0.29, 0.717) is 0 Å². The van der Waals surface area contributed by atoms with Crippen molar-refractivity contribution < 1.29 is 9.53 Å². The standard InChI is InChI=1S/C15H23N3O2/c1-11(2)16-15(19)17-13-4-6-14(7-5-13)18-8-9-20-12(3)10-18/h4-7,11-12H,8-10H2,1-3H3,(H2,16,17,19)/t12-/m0/s1. The van der Waals surface area contributed by atoms with Gasteiger partial charge < -0.3 is 20.3 Å². The maximum atomic E-state index is 11.6. The first-order valence-electron chi connectivity index (χ1n) is 7.08. The Labute approximate surface area is 120 Å². The minimum Gasteiger partial charge on any atom is -0.375 e. The van der Waals surface area contributed by atoms with Crippen LogP contribution in [-0.2, 0) is 4.74 Å². The fourth-order valence-electron chi connectivity index (χ4n) is 2.24. The van der Waals surface area contributed by atoms with E-state index in [9.17, 15) is 4.79 Å². The van der Waals surface area contributed by atoms with Crippen LogP contribution in [0.5, 0.6) is 0 Å². The molecule has 5 heteroatoms. The minimum absolute atomic E-state index is 0.129. The molecule has 1 aliphatic heterocycles. The van der Waals surface area contributed by atoms with Crippen LogP contribution in [-0.4, -0.2) is 37.9 Å². The van der Waals surface area contributed by atoms with Gasteiger partial charge in [0.1, 0.15) is 0 Å². The predicted molar refractivity (Wildman–Crippen MR) is 81.4 cm³/mol. The molecule has 0 unspecified atom stereocenters. The maximum absolute atomic E-state index is 11.6. The maximum Gasteiger partial charge on any atom is 0.319 e. The average Bonchev–Trinajstić information content (AvgIpc) is 2.38. The molecule has 0 saturated carbocycles. The molecule has 2 rings (SSSR count). The van der Waals surface area contributed by atoms with Gasteiger partial charge in [0.15, 0.2) is 0 Å². The number of hydrogen-bond acceptors (Lipinski definition) is 3. The number of anilines is 2. The van der Waals surface area contributed by atoms with Gasteiger partial charge in [-0.1, -0.05) is 0 Å². The van der Waals surface area contributed by atoms with Crippen LogP contribution in [0.4, 0.5) is 16.2 Å². The van der Waals surface area contributed by atoms with E-state index in [0.717, 1.165) is 31.1 Å². The number of nitrogens with zero attached hydrogens (tertiary/aromatic N) is 1. The molecular formula is C15H23N3O2. The Morgan fingerprint density at radius 1 is 1.35 bits per heavy atom. The minimum atomic E-state index is -0.173. The van der Waals surface area contributed by atoms with Crippen molar-refractivity contribution in [3.63, 3.8) is 0 Å². The molecule has 1 aromatic carbocycles. The van der Waals surface area contributed by atoms with E-state index >= 15 is 0 Å². The van der Waals surface area contributed by atoms with Gasteiger partial charge >= 0.3 is 6.03 Å². The van der Waals surface area contributed by atoms with Crippen molar-refractivity contribution in [2.75, 3.05) is 29.9 Å². The lowest BCUT2D eigenvalue weighted by molar-refractivity contribution is 0.0532. The first-order valence-corrected chi connectivity index (χ1v) is 7.08. The van der Waals surface area contributed by atoms with Crippen LogP contribution in [0.15, 0.2) is 24.3 Å². The fraction of sp³-hybridized carbons (Fsp3) is 0.533. The number of rotatable bonds is 3. The summed E-state index contributed by atoms with van der Waals surface area (Å²) in [6.45, 7) is 8.52. The lowest BCUT2D eigenvalue weighted by atomic mass is 10.2. The van der Waals surface area contributed by atoms with E-state index in [-0.39, 0.29) is 18.2 Å². The van der Waals surface area contributed by atoms with Gasteiger partial charge in [0.05, 0.1) is 12.7 Å². The van der Waals surface area contributed by atoms with Gasteiger partial charge in [0.2, 0.25) is 0 Å². The molecule has 2 N–H and O–H groups in total. The van der Waals surface area contributed by atoms with E-state index in [1.165, 1.54) is 0 Å². The highest BCUT2D eigenvalue weighted by Crippen LogP contribution is 2.20. The summed E-state index contributed by atoms with van der Waals surface area (Å²) in [4.78, 5) is 13.9. The summed E-state index contributed by atoms with van der Waals surface area (Å²) >= 11 is 0. The van der Waals surface area contributed by atoms with Crippen molar-refractivity contribution in [3.8, 4) is 0 Å². The van der Waals surface area contributed by atoms with Gasteiger partial charge in [0, 0.05) is 30.5 Å².